The molecule has 0 spiro atoms. The van der Waals surface area contributed by atoms with Gasteiger partial charge in [0.25, 0.3) is 5.91 Å². The highest BCUT2D eigenvalue weighted by atomic mass is 16.5. The molecule has 122 valence electrons. The number of benzene rings is 3. The number of hydrogen-bond donors (Lipinski definition) is 1. The lowest BCUT2D eigenvalue weighted by atomic mass is 10.1. The van der Waals surface area contributed by atoms with Crippen LogP contribution in [-0.2, 0) is 6.61 Å². The fourth-order valence-corrected chi connectivity index (χ4v) is 2.31. The molecule has 0 fully saturated rings. The Morgan fingerprint density at radius 3 is 2.44 bits per heavy atom. The van der Waals surface area contributed by atoms with E-state index in [1.165, 1.54) is 0 Å². The SMILES string of the molecule is N#Cc1cccc(C(=O)Nc2ccc(OCc3ccccc3)cc2)c1. The maximum Gasteiger partial charge on any atom is 0.255 e. The first-order chi connectivity index (χ1) is 12.2. The lowest BCUT2D eigenvalue weighted by Gasteiger charge is -2.09. The van der Waals surface area contributed by atoms with E-state index in [0.29, 0.717) is 23.4 Å². The van der Waals surface area contributed by atoms with Gasteiger partial charge < -0.3 is 10.1 Å². The van der Waals surface area contributed by atoms with Crippen LogP contribution in [0.5, 0.6) is 5.75 Å². The number of nitrogens with one attached hydrogen (secondary N) is 1. The number of ether oxygens (including phenoxy) is 1. The third kappa shape index (κ3) is 4.46. The molecule has 0 atom stereocenters. The van der Waals surface area contributed by atoms with Gasteiger partial charge in [-0.3, -0.25) is 4.79 Å². The van der Waals surface area contributed by atoms with E-state index in [-0.39, 0.29) is 5.91 Å². The van der Waals surface area contributed by atoms with Crippen molar-refractivity contribution in [3.8, 4) is 11.8 Å². The first-order valence-electron chi connectivity index (χ1n) is 7.83. The van der Waals surface area contributed by atoms with E-state index in [9.17, 15) is 4.79 Å². The van der Waals surface area contributed by atoms with E-state index in [2.05, 4.69) is 5.32 Å². The van der Waals surface area contributed by atoms with E-state index in [0.717, 1.165) is 11.3 Å². The predicted octanol–water partition coefficient (Wildman–Crippen LogP) is 4.39. The lowest BCUT2D eigenvalue weighted by molar-refractivity contribution is 0.102. The molecule has 0 aliphatic rings. The van der Waals surface area contributed by atoms with Crippen molar-refractivity contribution in [2.75, 3.05) is 5.32 Å². The fraction of sp³-hybridized carbons (Fsp3) is 0.0476. The van der Waals surface area contributed by atoms with Crippen molar-refractivity contribution in [3.05, 3.63) is 95.6 Å². The molecule has 0 heterocycles. The largest absolute Gasteiger partial charge is 0.489 e. The highest BCUT2D eigenvalue weighted by Gasteiger charge is 2.07. The van der Waals surface area contributed by atoms with Gasteiger partial charge in [-0.2, -0.15) is 5.26 Å². The van der Waals surface area contributed by atoms with Crippen molar-refractivity contribution in [2.45, 2.75) is 6.61 Å². The molecule has 4 heteroatoms. The lowest BCUT2D eigenvalue weighted by Crippen LogP contribution is -2.11. The van der Waals surface area contributed by atoms with E-state index >= 15 is 0 Å². The van der Waals surface area contributed by atoms with Crippen LogP contribution in [0.4, 0.5) is 5.69 Å². The minimum atomic E-state index is -0.255. The summed E-state index contributed by atoms with van der Waals surface area (Å²) in [6.07, 6.45) is 0. The number of carbonyl (C=O) groups excluding carboxylic acids is 1. The molecule has 0 radical (unpaired) electrons. The van der Waals surface area contributed by atoms with Crippen LogP contribution in [0.15, 0.2) is 78.9 Å². The minimum Gasteiger partial charge on any atom is -0.489 e. The number of nitriles is 1. The fourth-order valence-electron chi connectivity index (χ4n) is 2.31. The summed E-state index contributed by atoms with van der Waals surface area (Å²) in [7, 11) is 0. The van der Waals surface area contributed by atoms with Gasteiger partial charge in [0.1, 0.15) is 12.4 Å². The summed E-state index contributed by atoms with van der Waals surface area (Å²) in [5.41, 5.74) is 2.66. The van der Waals surface area contributed by atoms with Gasteiger partial charge in [-0.1, -0.05) is 36.4 Å². The Kier molecular flexibility index (Phi) is 5.08. The Bertz CT molecular complexity index is 897. The molecule has 4 nitrogen and oxygen atoms in total. The first kappa shape index (κ1) is 16.3. The molecule has 0 bridgehead atoms. The molecule has 0 aliphatic carbocycles. The third-order valence-corrected chi connectivity index (χ3v) is 3.61. The molecule has 1 N–H and O–H groups in total. The summed E-state index contributed by atoms with van der Waals surface area (Å²) < 4.78 is 5.72. The van der Waals surface area contributed by atoms with Gasteiger partial charge in [0.05, 0.1) is 11.6 Å². The molecule has 3 aromatic rings. The summed E-state index contributed by atoms with van der Waals surface area (Å²) in [4.78, 5) is 12.2. The molecule has 0 unspecified atom stereocenters. The Balaban J connectivity index is 1.60. The summed E-state index contributed by atoms with van der Waals surface area (Å²) >= 11 is 0. The normalized spacial score (nSPS) is 9.88. The molecule has 25 heavy (non-hydrogen) atoms. The van der Waals surface area contributed by atoms with Gasteiger partial charge in [-0.05, 0) is 48.0 Å². The van der Waals surface area contributed by atoms with Crippen LogP contribution in [0.3, 0.4) is 0 Å². The number of rotatable bonds is 5. The first-order valence-corrected chi connectivity index (χ1v) is 7.83. The number of amides is 1. The Morgan fingerprint density at radius 1 is 0.960 bits per heavy atom. The standard InChI is InChI=1S/C21H16N2O2/c22-14-17-7-4-8-18(13-17)21(24)23-19-9-11-20(12-10-19)25-15-16-5-2-1-3-6-16/h1-13H,15H2,(H,23,24). The van der Waals surface area contributed by atoms with Crippen LogP contribution in [0.2, 0.25) is 0 Å². The maximum absolute atomic E-state index is 12.2. The van der Waals surface area contributed by atoms with Crippen molar-refractivity contribution in [1.29, 1.82) is 5.26 Å². The number of anilines is 1. The molecule has 0 saturated carbocycles. The zero-order chi connectivity index (χ0) is 17.5. The second kappa shape index (κ2) is 7.80. The van der Waals surface area contributed by atoms with E-state index in [1.807, 2.05) is 48.5 Å². The van der Waals surface area contributed by atoms with Gasteiger partial charge >= 0.3 is 0 Å². The average molecular weight is 328 g/mol. The van der Waals surface area contributed by atoms with Crippen LogP contribution < -0.4 is 10.1 Å². The molecule has 1 amide bonds. The minimum absolute atomic E-state index is 0.255. The zero-order valence-electron chi connectivity index (χ0n) is 13.5. The molecule has 0 saturated heterocycles. The maximum atomic E-state index is 12.2. The van der Waals surface area contributed by atoms with E-state index in [1.54, 1.807) is 36.4 Å². The van der Waals surface area contributed by atoms with Crippen LogP contribution in [0.25, 0.3) is 0 Å². The molecule has 3 aromatic carbocycles. The van der Waals surface area contributed by atoms with Crippen molar-refractivity contribution in [3.63, 3.8) is 0 Å². The Hall–Kier alpha value is -3.58. The molecular weight excluding hydrogens is 312 g/mol. The average Bonchev–Trinajstić information content (AvgIpc) is 2.68. The van der Waals surface area contributed by atoms with Gasteiger partial charge in [0.2, 0.25) is 0 Å². The summed E-state index contributed by atoms with van der Waals surface area (Å²) in [6, 6.07) is 25.7. The van der Waals surface area contributed by atoms with E-state index in [4.69, 9.17) is 10.00 Å². The smallest absolute Gasteiger partial charge is 0.255 e. The van der Waals surface area contributed by atoms with Gasteiger partial charge in [-0.25, -0.2) is 0 Å². The predicted molar refractivity (Wildman–Crippen MR) is 96.3 cm³/mol. The molecule has 0 aromatic heterocycles. The van der Waals surface area contributed by atoms with Crippen LogP contribution in [-0.4, -0.2) is 5.91 Å². The highest BCUT2D eigenvalue weighted by molar-refractivity contribution is 6.04. The molecular formula is C21H16N2O2. The van der Waals surface area contributed by atoms with Crippen LogP contribution in [0, 0.1) is 11.3 Å². The topological polar surface area (TPSA) is 62.1 Å². The van der Waals surface area contributed by atoms with Gasteiger partial charge in [0, 0.05) is 11.3 Å². The van der Waals surface area contributed by atoms with E-state index < -0.39 is 0 Å². The monoisotopic (exact) mass is 328 g/mol. The van der Waals surface area contributed by atoms with Gasteiger partial charge in [0.15, 0.2) is 0 Å². The van der Waals surface area contributed by atoms with Gasteiger partial charge in [-0.15, -0.1) is 0 Å². The molecule has 3 rings (SSSR count). The van der Waals surface area contributed by atoms with Crippen LogP contribution in [0.1, 0.15) is 21.5 Å². The highest BCUT2D eigenvalue weighted by Crippen LogP contribution is 2.18. The van der Waals surface area contributed by atoms with Crippen molar-refractivity contribution in [2.24, 2.45) is 0 Å². The van der Waals surface area contributed by atoms with Crippen molar-refractivity contribution >= 4 is 11.6 Å². The Morgan fingerprint density at radius 2 is 1.72 bits per heavy atom. The summed E-state index contributed by atoms with van der Waals surface area (Å²) in [6.45, 7) is 0.494. The van der Waals surface area contributed by atoms with Crippen molar-refractivity contribution < 1.29 is 9.53 Å². The van der Waals surface area contributed by atoms with Crippen LogP contribution >= 0.6 is 0 Å². The molecule has 0 aliphatic heterocycles. The number of carbonyl (C=O) groups is 1. The summed E-state index contributed by atoms with van der Waals surface area (Å²) in [5.74, 6) is 0.475. The Labute approximate surface area is 146 Å². The second-order valence-corrected chi connectivity index (χ2v) is 5.45. The zero-order valence-corrected chi connectivity index (χ0v) is 13.5. The third-order valence-electron chi connectivity index (χ3n) is 3.61. The summed E-state index contributed by atoms with van der Waals surface area (Å²) in [5, 5.41) is 11.7. The number of hydrogen-bond acceptors (Lipinski definition) is 3. The van der Waals surface area contributed by atoms with Crippen molar-refractivity contribution in [1.82, 2.24) is 0 Å². The quantitative estimate of drug-likeness (QED) is 0.755. The number of nitrogens with zero attached hydrogens (tertiary/aromatic N) is 1. The second-order valence-electron chi connectivity index (χ2n) is 5.45.